The van der Waals surface area contributed by atoms with Crippen molar-refractivity contribution in [2.45, 2.75) is 50.0 Å². The highest BCUT2D eigenvalue weighted by molar-refractivity contribution is 7.92. The Kier molecular flexibility index (Phi) is 5.26. The second-order valence-corrected chi connectivity index (χ2v) is 8.92. The van der Waals surface area contributed by atoms with Crippen molar-refractivity contribution in [3.8, 4) is 0 Å². The van der Waals surface area contributed by atoms with Gasteiger partial charge in [0.15, 0.2) is 0 Å². The van der Waals surface area contributed by atoms with Crippen LogP contribution in [0.1, 0.15) is 36.8 Å². The molecule has 0 aromatic heterocycles. The molecule has 2 aromatic rings. The fourth-order valence-electron chi connectivity index (χ4n) is 3.37. The van der Waals surface area contributed by atoms with Gasteiger partial charge in [0.25, 0.3) is 10.0 Å². The molecule has 0 spiro atoms. The normalized spacial score (nSPS) is 16.1. The topological polar surface area (TPSA) is 101 Å². The van der Waals surface area contributed by atoms with Crippen LogP contribution in [0.5, 0.6) is 0 Å². The molecule has 7 heteroatoms. The fourth-order valence-corrected chi connectivity index (χ4v) is 4.70. The van der Waals surface area contributed by atoms with Crippen molar-refractivity contribution in [2.24, 2.45) is 5.73 Å². The van der Waals surface area contributed by atoms with Gasteiger partial charge in [-0.1, -0.05) is 31.0 Å². The molecule has 27 heavy (non-hydrogen) atoms. The molecule has 2 aromatic carbocycles. The Hall–Kier alpha value is -2.38. The van der Waals surface area contributed by atoms with Crippen molar-refractivity contribution < 1.29 is 13.2 Å². The SMILES string of the molecule is Cc1cccc(NS(=O)(=O)c2cc(NC(=O)C3(N)CCCC3)ccc2C)c1. The molecular formula is C20H25N3O3S. The Bertz CT molecular complexity index is 964. The third-order valence-corrected chi connectivity index (χ3v) is 6.48. The van der Waals surface area contributed by atoms with Crippen molar-refractivity contribution in [3.05, 3.63) is 53.6 Å². The van der Waals surface area contributed by atoms with Crippen LogP contribution in [-0.2, 0) is 14.8 Å². The number of carbonyl (C=O) groups is 1. The van der Waals surface area contributed by atoms with Crippen molar-refractivity contribution in [1.82, 2.24) is 0 Å². The van der Waals surface area contributed by atoms with E-state index in [9.17, 15) is 13.2 Å². The van der Waals surface area contributed by atoms with Crippen molar-refractivity contribution in [3.63, 3.8) is 0 Å². The molecule has 144 valence electrons. The van der Waals surface area contributed by atoms with Gasteiger partial charge in [-0.25, -0.2) is 8.42 Å². The second-order valence-electron chi connectivity index (χ2n) is 7.27. The first-order chi connectivity index (χ1) is 12.7. The van der Waals surface area contributed by atoms with E-state index in [-0.39, 0.29) is 10.8 Å². The Morgan fingerprint density at radius 1 is 1.04 bits per heavy atom. The first-order valence-electron chi connectivity index (χ1n) is 9.00. The smallest absolute Gasteiger partial charge is 0.262 e. The molecule has 0 bridgehead atoms. The molecule has 1 aliphatic carbocycles. The Morgan fingerprint density at radius 2 is 1.74 bits per heavy atom. The summed E-state index contributed by atoms with van der Waals surface area (Å²) in [6.07, 6.45) is 3.14. The van der Waals surface area contributed by atoms with Crippen LogP contribution < -0.4 is 15.8 Å². The van der Waals surface area contributed by atoms with Crippen molar-refractivity contribution in [1.29, 1.82) is 0 Å². The third-order valence-electron chi connectivity index (χ3n) is 4.95. The summed E-state index contributed by atoms with van der Waals surface area (Å²) in [7, 11) is -3.79. The van der Waals surface area contributed by atoms with Crippen LogP contribution in [-0.4, -0.2) is 19.9 Å². The van der Waals surface area contributed by atoms with E-state index >= 15 is 0 Å². The van der Waals surface area contributed by atoms with Gasteiger partial charge in [-0.05, 0) is 62.1 Å². The maximum absolute atomic E-state index is 12.8. The van der Waals surface area contributed by atoms with E-state index in [1.165, 1.54) is 6.07 Å². The first kappa shape index (κ1) is 19.4. The van der Waals surface area contributed by atoms with E-state index in [1.54, 1.807) is 37.3 Å². The first-order valence-corrected chi connectivity index (χ1v) is 10.5. The predicted octanol–water partition coefficient (Wildman–Crippen LogP) is 3.31. The number of sulfonamides is 1. The highest BCUT2D eigenvalue weighted by Gasteiger charge is 2.37. The molecule has 0 heterocycles. The van der Waals surface area contributed by atoms with Gasteiger partial charge < -0.3 is 11.1 Å². The lowest BCUT2D eigenvalue weighted by molar-refractivity contribution is -0.121. The van der Waals surface area contributed by atoms with Gasteiger partial charge in [-0.3, -0.25) is 9.52 Å². The Labute approximate surface area is 160 Å². The van der Waals surface area contributed by atoms with Crippen molar-refractivity contribution >= 4 is 27.3 Å². The number of hydrogen-bond donors (Lipinski definition) is 3. The number of rotatable bonds is 5. The minimum Gasteiger partial charge on any atom is -0.324 e. The average Bonchev–Trinajstić information content (AvgIpc) is 3.04. The third kappa shape index (κ3) is 4.31. The number of carbonyl (C=O) groups excluding carboxylic acids is 1. The standard InChI is InChI=1S/C20H25N3O3S/c1-14-6-5-7-17(12-14)23-27(25,26)18-13-16(9-8-15(18)2)22-19(24)20(21)10-3-4-11-20/h5-9,12-13,23H,3-4,10-11,21H2,1-2H3,(H,22,24). The number of anilines is 2. The summed E-state index contributed by atoms with van der Waals surface area (Å²) in [5.41, 5.74) is 7.78. The molecule has 6 nitrogen and oxygen atoms in total. The number of hydrogen-bond acceptors (Lipinski definition) is 4. The minimum atomic E-state index is -3.79. The quantitative estimate of drug-likeness (QED) is 0.732. The molecule has 3 rings (SSSR count). The lowest BCUT2D eigenvalue weighted by Crippen LogP contribution is -2.48. The molecule has 4 N–H and O–H groups in total. The van der Waals surface area contributed by atoms with Crippen LogP contribution in [0.3, 0.4) is 0 Å². The van der Waals surface area contributed by atoms with Crippen LogP contribution >= 0.6 is 0 Å². The van der Waals surface area contributed by atoms with Gasteiger partial charge >= 0.3 is 0 Å². The summed E-state index contributed by atoms with van der Waals surface area (Å²) < 4.78 is 28.3. The van der Waals surface area contributed by atoms with Gasteiger partial charge in [0.2, 0.25) is 5.91 Å². The number of nitrogens with two attached hydrogens (primary N) is 1. The maximum Gasteiger partial charge on any atom is 0.262 e. The Balaban J connectivity index is 1.85. The number of aryl methyl sites for hydroxylation is 2. The fraction of sp³-hybridized carbons (Fsp3) is 0.350. The second kappa shape index (κ2) is 7.32. The van der Waals surface area contributed by atoms with Gasteiger partial charge in [0.05, 0.1) is 10.4 Å². The molecule has 1 aliphatic rings. The highest BCUT2D eigenvalue weighted by Crippen LogP contribution is 2.29. The van der Waals surface area contributed by atoms with E-state index in [0.717, 1.165) is 18.4 Å². The molecule has 0 saturated heterocycles. The van der Waals surface area contributed by atoms with Gasteiger partial charge in [-0.2, -0.15) is 0 Å². The minimum absolute atomic E-state index is 0.124. The summed E-state index contributed by atoms with van der Waals surface area (Å²) in [6, 6.07) is 12.0. The van der Waals surface area contributed by atoms with E-state index in [1.807, 2.05) is 13.0 Å². The summed E-state index contributed by atoms with van der Waals surface area (Å²) in [5.74, 6) is -0.265. The molecule has 1 fully saturated rings. The molecule has 0 aliphatic heterocycles. The van der Waals surface area contributed by atoms with E-state index in [2.05, 4.69) is 10.0 Å². The van der Waals surface area contributed by atoms with Crippen LogP contribution in [0, 0.1) is 13.8 Å². The van der Waals surface area contributed by atoms with Crippen LogP contribution in [0.4, 0.5) is 11.4 Å². The lowest BCUT2D eigenvalue weighted by Gasteiger charge is -2.22. The van der Waals surface area contributed by atoms with E-state index in [4.69, 9.17) is 5.73 Å². The van der Waals surface area contributed by atoms with E-state index in [0.29, 0.717) is 29.8 Å². The highest BCUT2D eigenvalue weighted by atomic mass is 32.2. The molecule has 1 saturated carbocycles. The summed E-state index contributed by atoms with van der Waals surface area (Å²) in [4.78, 5) is 12.6. The van der Waals surface area contributed by atoms with E-state index < -0.39 is 15.6 Å². The van der Waals surface area contributed by atoms with Crippen LogP contribution in [0.15, 0.2) is 47.4 Å². The zero-order chi connectivity index (χ0) is 19.7. The number of nitrogens with one attached hydrogen (secondary N) is 2. The molecule has 0 radical (unpaired) electrons. The molecule has 1 amide bonds. The summed E-state index contributed by atoms with van der Waals surface area (Å²) in [6.45, 7) is 3.61. The van der Waals surface area contributed by atoms with Crippen LogP contribution in [0.2, 0.25) is 0 Å². The van der Waals surface area contributed by atoms with Crippen LogP contribution in [0.25, 0.3) is 0 Å². The molecule has 0 unspecified atom stereocenters. The van der Waals surface area contributed by atoms with Gasteiger partial charge in [0, 0.05) is 11.4 Å². The average molecular weight is 388 g/mol. The van der Waals surface area contributed by atoms with Crippen molar-refractivity contribution in [2.75, 3.05) is 10.0 Å². The van der Waals surface area contributed by atoms with Gasteiger partial charge in [0.1, 0.15) is 0 Å². The largest absolute Gasteiger partial charge is 0.324 e. The molecule has 0 atom stereocenters. The Morgan fingerprint density at radius 3 is 2.41 bits per heavy atom. The zero-order valence-corrected chi connectivity index (χ0v) is 16.4. The predicted molar refractivity (Wildman–Crippen MR) is 107 cm³/mol. The summed E-state index contributed by atoms with van der Waals surface area (Å²) >= 11 is 0. The summed E-state index contributed by atoms with van der Waals surface area (Å²) in [5, 5.41) is 2.78. The number of benzene rings is 2. The zero-order valence-electron chi connectivity index (χ0n) is 15.6. The maximum atomic E-state index is 12.8. The monoisotopic (exact) mass is 387 g/mol. The molecular weight excluding hydrogens is 362 g/mol. The number of amides is 1. The van der Waals surface area contributed by atoms with Gasteiger partial charge in [-0.15, -0.1) is 0 Å². The lowest BCUT2D eigenvalue weighted by atomic mass is 9.98.